The number of hydrogen-bond donors (Lipinski definition) is 1. The molecule has 0 radical (unpaired) electrons. The van der Waals surface area contributed by atoms with E-state index in [1.54, 1.807) is 0 Å². The molecule has 1 saturated heterocycles. The number of carbonyl (C=O) groups is 1. The Morgan fingerprint density at radius 2 is 2.04 bits per heavy atom. The molecule has 3 aliphatic rings. The molecule has 1 amide bonds. The van der Waals surface area contributed by atoms with Crippen molar-refractivity contribution < 1.29 is 19.4 Å². The summed E-state index contributed by atoms with van der Waals surface area (Å²) in [5.74, 6) is 2.82. The van der Waals surface area contributed by atoms with E-state index < -0.39 is 0 Å². The van der Waals surface area contributed by atoms with Crippen molar-refractivity contribution in [1.82, 2.24) is 4.90 Å². The minimum absolute atomic E-state index is 0.0854. The summed E-state index contributed by atoms with van der Waals surface area (Å²) in [6.07, 6.45) is 0.910. The van der Waals surface area contributed by atoms with Gasteiger partial charge in [-0.25, -0.2) is 0 Å². The van der Waals surface area contributed by atoms with Gasteiger partial charge in [0.25, 0.3) is 0 Å². The fourth-order valence-electron chi connectivity index (χ4n) is 3.81. The lowest BCUT2D eigenvalue weighted by Crippen LogP contribution is -2.31. The number of rotatable bonds is 3. The normalized spacial score (nSPS) is 32.0. The van der Waals surface area contributed by atoms with Gasteiger partial charge in [-0.15, -0.1) is 0 Å². The summed E-state index contributed by atoms with van der Waals surface area (Å²) in [4.78, 5) is 14.6. The number of hydrogen-bond acceptors (Lipinski definition) is 4. The van der Waals surface area contributed by atoms with E-state index in [1.165, 1.54) is 5.56 Å². The molecule has 1 N–H and O–H groups in total. The summed E-state index contributed by atoms with van der Waals surface area (Å²) in [5.41, 5.74) is 1.17. The Bertz CT molecular complexity index is 617. The number of fused-ring (bicyclic) bond motifs is 1. The smallest absolute Gasteiger partial charge is 0.226 e. The average molecular weight is 317 g/mol. The molecule has 1 aromatic rings. The Labute approximate surface area is 136 Å². The molecule has 5 nitrogen and oxygen atoms in total. The number of carbonyl (C=O) groups excluding carboxylic acids is 1. The van der Waals surface area contributed by atoms with Crippen LogP contribution in [-0.4, -0.2) is 48.8 Å². The topological polar surface area (TPSA) is 59.0 Å². The van der Waals surface area contributed by atoms with Crippen molar-refractivity contribution >= 4 is 5.91 Å². The van der Waals surface area contributed by atoms with Gasteiger partial charge in [-0.3, -0.25) is 4.79 Å². The zero-order chi connectivity index (χ0) is 16.0. The van der Waals surface area contributed by atoms with Crippen molar-refractivity contribution in [3.8, 4) is 11.5 Å². The first-order chi connectivity index (χ1) is 11.2. The summed E-state index contributed by atoms with van der Waals surface area (Å²) in [6, 6.07) is 6.02. The molecule has 0 spiro atoms. The van der Waals surface area contributed by atoms with E-state index in [0.717, 1.165) is 24.5 Å². The van der Waals surface area contributed by atoms with Crippen molar-refractivity contribution in [3.63, 3.8) is 0 Å². The van der Waals surface area contributed by atoms with Gasteiger partial charge in [-0.1, -0.05) is 13.0 Å². The first-order valence-corrected chi connectivity index (χ1v) is 8.46. The SMILES string of the molecule is C[C@@H]1CN(C(=O)[C@@H]2C[C@H]2c2ccc3c(c2)OCCO3)C[C@H]1CO. The molecule has 1 aromatic carbocycles. The largest absolute Gasteiger partial charge is 0.486 e. The number of nitrogens with zero attached hydrogens (tertiary/aromatic N) is 1. The lowest BCUT2D eigenvalue weighted by Gasteiger charge is -2.19. The molecule has 5 heteroatoms. The Morgan fingerprint density at radius 1 is 1.26 bits per heavy atom. The highest BCUT2D eigenvalue weighted by molar-refractivity contribution is 5.83. The molecular weight excluding hydrogens is 294 g/mol. The van der Waals surface area contributed by atoms with Crippen LogP contribution >= 0.6 is 0 Å². The second kappa shape index (κ2) is 5.71. The molecule has 2 aliphatic heterocycles. The molecule has 0 unspecified atom stereocenters. The molecule has 0 aromatic heterocycles. The van der Waals surface area contributed by atoms with Gasteiger partial charge in [-0.05, 0) is 36.0 Å². The quantitative estimate of drug-likeness (QED) is 0.921. The Kier molecular flexibility index (Phi) is 3.68. The van der Waals surface area contributed by atoms with Crippen LogP contribution in [0.4, 0.5) is 0 Å². The fourth-order valence-corrected chi connectivity index (χ4v) is 3.81. The van der Waals surface area contributed by atoms with Crippen LogP contribution in [0.3, 0.4) is 0 Å². The number of aliphatic hydroxyl groups excluding tert-OH is 1. The highest BCUT2D eigenvalue weighted by atomic mass is 16.6. The van der Waals surface area contributed by atoms with Crippen LogP contribution in [-0.2, 0) is 4.79 Å². The van der Waals surface area contributed by atoms with Crippen molar-refractivity contribution in [3.05, 3.63) is 23.8 Å². The lowest BCUT2D eigenvalue weighted by molar-refractivity contribution is -0.131. The molecule has 2 fully saturated rings. The number of amides is 1. The van der Waals surface area contributed by atoms with E-state index in [1.807, 2.05) is 17.0 Å². The highest BCUT2D eigenvalue weighted by Crippen LogP contribution is 2.50. The van der Waals surface area contributed by atoms with Crippen LogP contribution in [0.1, 0.15) is 24.8 Å². The summed E-state index contributed by atoms with van der Waals surface area (Å²) >= 11 is 0. The van der Waals surface area contributed by atoms with Crippen molar-refractivity contribution in [2.45, 2.75) is 19.3 Å². The number of benzene rings is 1. The van der Waals surface area contributed by atoms with Crippen LogP contribution in [0.25, 0.3) is 0 Å². The second-order valence-corrected chi connectivity index (χ2v) is 7.01. The fraction of sp³-hybridized carbons (Fsp3) is 0.611. The molecular formula is C18H23NO4. The predicted molar refractivity (Wildman–Crippen MR) is 84.6 cm³/mol. The summed E-state index contributed by atoms with van der Waals surface area (Å²) < 4.78 is 11.2. The molecule has 4 rings (SSSR count). The van der Waals surface area contributed by atoms with E-state index >= 15 is 0 Å². The third-order valence-electron chi connectivity index (χ3n) is 5.42. The third-order valence-corrected chi connectivity index (χ3v) is 5.42. The molecule has 124 valence electrons. The minimum atomic E-state index is 0.0854. The molecule has 1 saturated carbocycles. The monoisotopic (exact) mass is 317 g/mol. The van der Waals surface area contributed by atoms with E-state index in [9.17, 15) is 9.90 Å². The molecule has 0 bridgehead atoms. The molecule has 1 aliphatic carbocycles. The van der Waals surface area contributed by atoms with Gasteiger partial charge >= 0.3 is 0 Å². The van der Waals surface area contributed by atoms with Crippen LogP contribution in [0.5, 0.6) is 11.5 Å². The molecule has 2 heterocycles. The Morgan fingerprint density at radius 3 is 2.78 bits per heavy atom. The maximum Gasteiger partial charge on any atom is 0.226 e. The van der Waals surface area contributed by atoms with Crippen molar-refractivity contribution in [1.29, 1.82) is 0 Å². The van der Waals surface area contributed by atoms with Gasteiger partial charge in [0.05, 0.1) is 0 Å². The highest BCUT2D eigenvalue weighted by Gasteiger charge is 2.47. The van der Waals surface area contributed by atoms with Crippen LogP contribution in [0, 0.1) is 17.8 Å². The zero-order valence-electron chi connectivity index (χ0n) is 13.4. The van der Waals surface area contributed by atoms with Gasteiger partial charge in [-0.2, -0.15) is 0 Å². The lowest BCUT2D eigenvalue weighted by atomic mass is 10.00. The average Bonchev–Trinajstić information content (AvgIpc) is 3.29. The first-order valence-electron chi connectivity index (χ1n) is 8.46. The van der Waals surface area contributed by atoms with E-state index in [-0.39, 0.29) is 24.3 Å². The molecule has 23 heavy (non-hydrogen) atoms. The standard InChI is InChI=1S/C18H23NO4/c1-11-8-19(9-13(11)10-20)18(21)15-7-14(15)12-2-3-16-17(6-12)23-5-4-22-16/h2-3,6,11,13-15,20H,4-5,7-10H2,1H3/t11-,13+,14+,15-/m1/s1. The van der Waals surface area contributed by atoms with Gasteiger partial charge in [0, 0.05) is 31.5 Å². The van der Waals surface area contributed by atoms with Crippen molar-refractivity contribution in [2.24, 2.45) is 17.8 Å². The Balaban J connectivity index is 1.43. The second-order valence-electron chi connectivity index (χ2n) is 7.01. The maximum absolute atomic E-state index is 12.7. The van der Waals surface area contributed by atoms with Crippen LogP contribution < -0.4 is 9.47 Å². The molecule has 4 atom stereocenters. The zero-order valence-corrected chi connectivity index (χ0v) is 13.4. The predicted octanol–water partition coefficient (Wildman–Crippen LogP) is 1.65. The summed E-state index contributed by atoms with van der Waals surface area (Å²) in [6.45, 7) is 4.92. The van der Waals surface area contributed by atoms with E-state index in [4.69, 9.17) is 9.47 Å². The number of ether oxygens (including phenoxy) is 2. The maximum atomic E-state index is 12.7. The first kappa shape index (κ1) is 14.8. The minimum Gasteiger partial charge on any atom is -0.486 e. The van der Waals surface area contributed by atoms with Gasteiger partial charge < -0.3 is 19.5 Å². The van der Waals surface area contributed by atoms with Gasteiger partial charge in [0.15, 0.2) is 11.5 Å². The Hall–Kier alpha value is -1.75. The van der Waals surface area contributed by atoms with Gasteiger partial charge in [0.2, 0.25) is 5.91 Å². The third kappa shape index (κ3) is 2.67. The summed E-state index contributed by atoms with van der Waals surface area (Å²) in [7, 11) is 0. The number of aliphatic hydroxyl groups is 1. The van der Waals surface area contributed by atoms with Gasteiger partial charge in [0.1, 0.15) is 13.2 Å². The van der Waals surface area contributed by atoms with Crippen LogP contribution in [0.15, 0.2) is 18.2 Å². The van der Waals surface area contributed by atoms with E-state index in [0.29, 0.717) is 31.6 Å². The van der Waals surface area contributed by atoms with E-state index in [2.05, 4.69) is 13.0 Å². The van der Waals surface area contributed by atoms with Crippen LogP contribution in [0.2, 0.25) is 0 Å². The van der Waals surface area contributed by atoms with Crippen molar-refractivity contribution in [2.75, 3.05) is 32.9 Å². The number of likely N-dealkylation sites (tertiary alicyclic amines) is 1. The summed E-state index contributed by atoms with van der Waals surface area (Å²) in [5, 5.41) is 9.37.